The Bertz CT molecular complexity index is 1130. The number of fused-ring (bicyclic) bond motifs is 2. The van der Waals surface area contributed by atoms with Gasteiger partial charge in [0.1, 0.15) is 0 Å². The molecular weight excluding hydrogens is 466 g/mol. The zero-order chi connectivity index (χ0) is 26.6. The first-order valence-electron chi connectivity index (χ1n) is 13.3. The fourth-order valence-electron chi connectivity index (χ4n) is 5.24. The summed E-state index contributed by atoms with van der Waals surface area (Å²) < 4.78 is 0. The number of aromatic nitrogens is 1. The number of pyridine rings is 1. The normalized spacial score (nSPS) is 17.4. The monoisotopic (exact) mass is 505 g/mol. The highest BCUT2D eigenvalue weighted by Gasteiger charge is 2.32. The highest BCUT2D eigenvalue weighted by atomic mass is 16.2. The summed E-state index contributed by atoms with van der Waals surface area (Å²) in [6, 6.07) is 10.6. The molecule has 2 aromatic rings. The average Bonchev–Trinajstić information content (AvgIpc) is 3.00. The Hall–Kier alpha value is -3.10. The van der Waals surface area contributed by atoms with E-state index in [4.69, 9.17) is 0 Å². The average molecular weight is 506 g/mol. The van der Waals surface area contributed by atoms with Crippen LogP contribution >= 0.6 is 0 Å². The topological polar surface area (TPSA) is 94.6 Å². The number of nitrogens with one attached hydrogen (secondary N) is 2. The van der Waals surface area contributed by atoms with Crippen LogP contribution in [-0.4, -0.2) is 59.7 Å². The second-order valence-electron chi connectivity index (χ2n) is 11.2. The van der Waals surface area contributed by atoms with Gasteiger partial charge in [0.2, 0.25) is 5.91 Å². The van der Waals surface area contributed by atoms with E-state index in [-0.39, 0.29) is 35.6 Å². The predicted molar refractivity (Wildman–Crippen MR) is 146 cm³/mol. The van der Waals surface area contributed by atoms with Crippen molar-refractivity contribution < 1.29 is 14.4 Å². The number of carbonyl (C=O) groups excluding carboxylic acids is 3. The predicted octanol–water partition coefficient (Wildman–Crippen LogP) is 4.40. The lowest BCUT2D eigenvalue weighted by Gasteiger charge is -2.33. The molecule has 2 N–H and O–H groups in total. The molecular formula is C29H39N5O3. The van der Waals surface area contributed by atoms with E-state index in [1.807, 2.05) is 33.8 Å². The summed E-state index contributed by atoms with van der Waals surface area (Å²) in [5.41, 5.74) is 1.22. The number of likely N-dealkylation sites (tertiary alicyclic amines) is 1. The number of carbonyl (C=O) groups is 3. The smallest absolute Gasteiger partial charge is 0.257 e. The Kier molecular flexibility index (Phi) is 8.39. The number of ketones is 1. The Morgan fingerprint density at radius 3 is 2.59 bits per heavy atom. The van der Waals surface area contributed by atoms with E-state index in [1.54, 1.807) is 41.4 Å². The van der Waals surface area contributed by atoms with Gasteiger partial charge in [0, 0.05) is 11.6 Å². The standard InChI is InChI=1S/C29H39N5O3/c1-20(26(36)29(2,3)4)30-15-7-9-21-13-17-33(18-14-21)19-25(35)34-24-12-6-5-10-22(24)28(37)32-23-11-8-16-31-27(23)34/h5-6,8,10-12,16,20-21,30H,7,9,13-15,17-19H2,1-4H3,(H,32,37). The number of Topliss-reactive ketones (excluding diaryl/α,β-unsaturated/α-hetero) is 1. The van der Waals surface area contributed by atoms with Gasteiger partial charge in [-0.3, -0.25) is 24.2 Å². The maximum absolute atomic E-state index is 13.6. The maximum Gasteiger partial charge on any atom is 0.257 e. The first-order valence-corrected chi connectivity index (χ1v) is 13.3. The molecule has 0 bridgehead atoms. The van der Waals surface area contributed by atoms with Crippen LogP contribution in [0, 0.1) is 11.3 Å². The van der Waals surface area contributed by atoms with Crippen molar-refractivity contribution in [1.29, 1.82) is 0 Å². The molecule has 3 heterocycles. The zero-order valence-corrected chi connectivity index (χ0v) is 22.4. The molecule has 2 amide bonds. The molecule has 4 rings (SSSR count). The van der Waals surface area contributed by atoms with Crippen molar-refractivity contribution in [3.63, 3.8) is 0 Å². The molecule has 0 radical (unpaired) electrons. The highest BCUT2D eigenvalue weighted by molar-refractivity contribution is 6.17. The fourth-order valence-corrected chi connectivity index (χ4v) is 5.24. The number of para-hydroxylation sites is 1. The van der Waals surface area contributed by atoms with Gasteiger partial charge in [-0.2, -0.15) is 0 Å². The molecule has 1 atom stereocenters. The van der Waals surface area contributed by atoms with Crippen molar-refractivity contribution in [2.24, 2.45) is 11.3 Å². The largest absolute Gasteiger partial charge is 0.319 e. The summed E-state index contributed by atoms with van der Waals surface area (Å²) in [7, 11) is 0. The zero-order valence-electron chi connectivity index (χ0n) is 22.4. The number of hydrogen-bond acceptors (Lipinski definition) is 6. The van der Waals surface area contributed by atoms with Gasteiger partial charge < -0.3 is 10.6 Å². The van der Waals surface area contributed by atoms with E-state index in [1.165, 1.54) is 0 Å². The minimum Gasteiger partial charge on any atom is -0.319 e. The summed E-state index contributed by atoms with van der Waals surface area (Å²) in [6.45, 7) is 10.7. The Morgan fingerprint density at radius 1 is 1.14 bits per heavy atom. The SMILES string of the molecule is CC(NCCCC1CCN(CC(=O)N2c3ccccc3C(=O)Nc3cccnc32)CC1)C(=O)C(C)(C)C. The van der Waals surface area contributed by atoms with Gasteiger partial charge in [0.05, 0.1) is 29.5 Å². The van der Waals surface area contributed by atoms with Gasteiger partial charge in [-0.15, -0.1) is 0 Å². The molecule has 37 heavy (non-hydrogen) atoms. The Morgan fingerprint density at radius 2 is 1.86 bits per heavy atom. The van der Waals surface area contributed by atoms with Crippen molar-refractivity contribution in [2.75, 3.05) is 36.4 Å². The third kappa shape index (κ3) is 6.43. The van der Waals surface area contributed by atoms with E-state index in [9.17, 15) is 14.4 Å². The summed E-state index contributed by atoms with van der Waals surface area (Å²) in [5, 5.41) is 6.26. The number of hydrogen-bond donors (Lipinski definition) is 2. The van der Waals surface area contributed by atoms with E-state index < -0.39 is 0 Å². The van der Waals surface area contributed by atoms with E-state index in [2.05, 4.69) is 20.5 Å². The lowest BCUT2D eigenvalue weighted by Crippen LogP contribution is -2.42. The first-order chi connectivity index (χ1) is 17.6. The Labute approximate surface area is 219 Å². The number of amides is 2. The molecule has 1 saturated heterocycles. The van der Waals surface area contributed by atoms with Crippen molar-refractivity contribution in [2.45, 2.75) is 59.4 Å². The minimum atomic E-state index is -0.323. The third-order valence-electron chi connectivity index (χ3n) is 7.32. The molecule has 2 aliphatic rings. The van der Waals surface area contributed by atoms with Crippen molar-refractivity contribution >= 4 is 34.8 Å². The van der Waals surface area contributed by atoms with Crippen LogP contribution in [0.25, 0.3) is 0 Å². The molecule has 1 fully saturated rings. The summed E-state index contributed by atoms with van der Waals surface area (Å²) in [6.07, 6.45) is 5.90. The summed E-state index contributed by atoms with van der Waals surface area (Å²) in [4.78, 5) is 47.0. The maximum atomic E-state index is 13.6. The van der Waals surface area contributed by atoms with E-state index in [0.717, 1.165) is 45.3 Å². The second kappa shape index (κ2) is 11.5. The van der Waals surface area contributed by atoms with Gasteiger partial charge in [-0.25, -0.2) is 4.98 Å². The number of anilines is 3. The van der Waals surface area contributed by atoms with E-state index >= 15 is 0 Å². The van der Waals surface area contributed by atoms with Crippen LogP contribution < -0.4 is 15.5 Å². The Balaban J connectivity index is 1.30. The van der Waals surface area contributed by atoms with Crippen LogP contribution in [0.5, 0.6) is 0 Å². The van der Waals surface area contributed by atoms with Gasteiger partial charge in [-0.1, -0.05) is 32.9 Å². The highest BCUT2D eigenvalue weighted by Crippen LogP contribution is 2.36. The lowest BCUT2D eigenvalue weighted by atomic mass is 9.87. The van der Waals surface area contributed by atoms with Crippen LogP contribution in [0.1, 0.15) is 63.7 Å². The van der Waals surface area contributed by atoms with Crippen LogP contribution in [0.15, 0.2) is 42.6 Å². The van der Waals surface area contributed by atoms with Gasteiger partial charge in [0.15, 0.2) is 11.6 Å². The van der Waals surface area contributed by atoms with Crippen molar-refractivity contribution in [3.8, 4) is 0 Å². The van der Waals surface area contributed by atoms with Crippen molar-refractivity contribution in [1.82, 2.24) is 15.2 Å². The first kappa shape index (κ1) is 26.9. The molecule has 2 aliphatic heterocycles. The molecule has 8 nitrogen and oxygen atoms in total. The minimum absolute atomic E-state index is 0.0935. The molecule has 1 unspecified atom stereocenters. The van der Waals surface area contributed by atoms with Gasteiger partial charge >= 0.3 is 0 Å². The fraction of sp³-hybridized carbons (Fsp3) is 0.517. The number of benzene rings is 1. The molecule has 0 aliphatic carbocycles. The van der Waals surface area contributed by atoms with E-state index in [0.29, 0.717) is 28.7 Å². The van der Waals surface area contributed by atoms with Crippen molar-refractivity contribution in [3.05, 3.63) is 48.2 Å². The number of nitrogens with zero attached hydrogens (tertiary/aromatic N) is 3. The third-order valence-corrected chi connectivity index (χ3v) is 7.32. The van der Waals surface area contributed by atoms with Crippen LogP contribution in [-0.2, 0) is 9.59 Å². The van der Waals surface area contributed by atoms with Crippen LogP contribution in [0.4, 0.5) is 17.2 Å². The quantitative estimate of drug-likeness (QED) is 0.517. The lowest BCUT2D eigenvalue weighted by molar-refractivity contribution is -0.128. The van der Waals surface area contributed by atoms with Crippen LogP contribution in [0.2, 0.25) is 0 Å². The molecule has 0 saturated carbocycles. The molecule has 198 valence electrons. The number of piperidine rings is 1. The van der Waals surface area contributed by atoms with Gasteiger partial charge in [-0.05, 0) is 82.4 Å². The van der Waals surface area contributed by atoms with Crippen LogP contribution in [0.3, 0.4) is 0 Å². The molecule has 0 spiro atoms. The number of rotatable bonds is 8. The summed E-state index contributed by atoms with van der Waals surface area (Å²) in [5.74, 6) is 0.990. The second-order valence-corrected chi connectivity index (χ2v) is 11.2. The molecule has 1 aromatic carbocycles. The summed E-state index contributed by atoms with van der Waals surface area (Å²) >= 11 is 0. The molecule has 8 heteroatoms. The molecule has 1 aromatic heterocycles. The van der Waals surface area contributed by atoms with Gasteiger partial charge in [0.25, 0.3) is 5.91 Å².